The number of aliphatic hydroxyl groups is 1. The predicted octanol–water partition coefficient (Wildman–Crippen LogP) is 0.793. The van der Waals surface area contributed by atoms with Crippen LogP contribution in [0.5, 0.6) is 0 Å². The van der Waals surface area contributed by atoms with E-state index in [9.17, 15) is 9.90 Å². The Bertz CT molecular complexity index is 260. The van der Waals surface area contributed by atoms with Crippen LogP contribution in [0.15, 0.2) is 12.2 Å². The number of rotatable bonds is 5. The molecule has 0 radical (unpaired) electrons. The lowest BCUT2D eigenvalue weighted by Crippen LogP contribution is -2.49. The van der Waals surface area contributed by atoms with E-state index in [2.05, 4.69) is 10.6 Å². The van der Waals surface area contributed by atoms with Crippen molar-refractivity contribution in [2.75, 3.05) is 26.3 Å². The van der Waals surface area contributed by atoms with Crippen LogP contribution >= 0.6 is 0 Å². The summed E-state index contributed by atoms with van der Waals surface area (Å²) in [5.41, 5.74) is -0.807. The number of carbonyl (C=O) groups is 1. The highest BCUT2D eigenvalue weighted by Gasteiger charge is 2.29. The van der Waals surface area contributed by atoms with Gasteiger partial charge < -0.3 is 20.5 Å². The minimum atomic E-state index is -0.807. The molecule has 3 N–H and O–H groups in total. The van der Waals surface area contributed by atoms with Crippen LogP contribution in [-0.4, -0.2) is 43.0 Å². The number of hydrogen-bond donors (Lipinski definition) is 3. The molecule has 1 aliphatic rings. The second-order valence-corrected chi connectivity index (χ2v) is 4.30. The smallest absolute Gasteiger partial charge is 0.314 e. The minimum absolute atomic E-state index is 0.227. The Morgan fingerprint density at radius 2 is 2.12 bits per heavy atom. The maximum absolute atomic E-state index is 11.4. The summed E-state index contributed by atoms with van der Waals surface area (Å²) in [4.78, 5) is 11.4. The summed E-state index contributed by atoms with van der Waals surface area (Å²) in [5.74, 6) is 0. The van der Waals surface area contributed by atoms with Crippen LogP contribution in [0.25, 0.3) is 0 Å². The lowest BCUT2D eigenvalue weighted by atomic mass is 9.94. The number of urea groups is 1. The van der Waals surface area contributed by atoms with Gasteiger partial charge in [0.15, 0.2) is 0 Å². The molecular weight excluding hydrogens is 220 g/mol. The molecule has 0 bridgehead atoms. The van der Waals surface area contributed by atoms with Gasteiger partial charge in [0.1, 0.15) is 0 Å². The molecular formula is C12H22N2O3. The molecule has 1 fully saturated rings. The molecule has 17 heavy (non-hydrogen) atoms. The second-order valence-electron chi connectivity index (χ2n) is 4.30. The van der Waals surface area contributed by atoms with Crippen LogP contribution in [0.2, 0.25) is 0 Å². The van der Waals surface area contributed by atoms with Crippen molar-refractivity contribution in [1.82, 2.24) is 10.6 Å². The molecule has 1 saturated heterocycles. The fraction of sp³-hybridized carbons (Fsp3) is 0.750. The third-order valence-electron chi connectivity index (χ3n) is 2.83. The maximum Gasteiger partial charge on any atom is 0.314 e. The summed E-state index contributed by atoms with van der Waals surface area (Å²) < 4.78 is 5.17. The van der Waals surface area contributed by atoms with E-state index >= 15 is 0 Å². The van der Waals surface area contributed by atoms with Gasteiger partial charge in [0.25, 0.3) is 0 Å². The van der Waals surface area contributed by atoms with E-state index in [0.717, 1.165) is 6.42 Å². The summed E-state index contributed by atoms with van der Waals surface area (Å²) in [7, 11) is 0. The van der Waals surface area contributed by atoms with E-state index < -0.39 is 5.60 Å². The first-order chi connectivity index (χ1) is 8.16. The number of allylic oxidation sites excluding steroid dienone is 1. The maximum atomic E-state index is 11.4. The molecule has 0 aromatic heterocycles. The van der Waals surface area contributed by atoms with Gasteiger partial charge in [-0.15, -0.1) is 0 Å². The molecule has 0 unspecified atom stereocenters. The topological polar surface area (TPSA) is 70.6 Å². The third kappa shape index (κ3) is 5.70. The quantitative estimate of drug-likeness (QED) is 0.493. The molecule has 0 aromatic rings. The summed E-state index contributed by atoms with van der Waals surface area (Å²) in [6.07, 6.45) is 5.91. The first kappa shape index (κ1) is 14.0. The van der Waals surface area contributed by atoms with Crippen LogP contribution < -0.4 is 10.6 Å². The Morgan fingerprint density at radius 1 is 1.41 bits per heavy atom. The first-order valence-corrected chi connectivity index (χ1v) is 6.09. The van der Waals surface area contributed by atoms with E-state index in [1.165, 1.54) is 0 Å². The largest absolute Gasteiger partial charge is 0.388 e. The monoisotopic (exact) mass is 242 g/mol. The zero-order chi connectivity index (χ0) is 12.6. The third-order valence-corrected chi connectivity index (χ3v) is 2.83. The predicted molar refractivity (Wildman–Crippen MR) is 65.8 cm³/mol. The van der Waals surface area contributed by atoms with Crippen molar-refractivity contribution in [2.24, 2.45) is 0 Å². The fourth-order valence-electron chi connectivity index (χ4n) is 1.67. The Labute approximate surface area is 102 Å². The van der Waals surface area contributed by atoms with Gasteiger partial charge in [-0.05, 0) is 13.3 Å². The Balaban J connectivity index is 2.14. The van der Waals surface area contributed by atoms with E-state index in [0.29, 0.717) is 32.6 Å². The molecule has 5 heteroatoms. The van der Waals surface area contributed by atoms with Crippen molar-refractivity contribution in [3.63, 3.8) is 0 Å². The van der Waals surface area contributed by atoms with Gasteiger partial charge in [-0.1, -0.05) is 12.2 Å². The van der Waals surface area contributed by atoms with Crippen LogP contribution in [0.4, 0.5) is 4.79 Å². The first-order valence-electron chi connectivity index (χ1n) is 6.09. The zero-order valence-electron chi connectivity index (χ0n) is 10.4. The molecule has 0 aliphatic carbocycles. The van der Waals surface area contributed by atoms with Crippen LogP contribution in [-0.2, 0) is 4.74 Å². The lowest BCUT2D eigenvalue weighted by molar-refractivity contribution is -0.0600. The van der Waals surface area contributed by atoms with Gasteiger partial charge in [0.05, 0.1) is 5.60 Å². The number of hydrogen-bond acceptors (Lipinski definition) is 3. The van der Waals surface area contributed by atoms with Crippen molar-refractivity contribution in [3.8, 4) is 0 Å². The van der Waals surface area contributed by atoms with Crippen LogP contribution in [0.3, 0.4) is 0 Å². The number of ether oxygens (including phenoxy) is 1. The van der Waals surface area contributed by atoms with E-state index in [4.69, 9.17) is 4.74 Å². The summed E-state index contributed by atoms with van der Waals surface area (Å²) in [6, 6.07) is -0.227. The minimum Gasteiger partial charge on any atom is -0.388 e. The highest BCUT2D eigenvalue weighted by molar-refractivity contribution is 5.73. The molecule has 0 spiro atoms. The summed E-state index contributed by atoms with van der Waals surface area (Å²) >= 11 is 0. The highest BCUT2D eigenvalue weighted by Crippen LogP contribution is 2.18. The standard InChI is InChI=1S/C12H22N2O3/c1-2-3-4-7-13-11(15)14-10-12(16)5-8-17-9-6-12/h2-3,16H,4-10H2,1H3,(H2,13,14,15)/b3-2+. The van der Waals surface area contributed by atoms with Gasteiger partial charge in [-0.2, -0.15) is 0 Å². The molecule has 1 aliphatic heterocycles. The second kappa shape index (κ2) is 7.29. The zero-order valence-corrected chi connectivity index (χ0v) is 10.4. The highest BCUT2D eigenvalue weighted by atomic mass is 16.5. The van der Waals surface area contributed by atoms with Crippen LogP contribution in [0, 0.1) is 0 Å². The average Bonchev–Trinajstić information content (AvgIpc) is 2.33. The normalized spacial score (nSPS) is 19.2. The van der Waals surface area contributed by atoms with Crippen LogP contribution in [0.1, 0.15) is 26.2 Å². The fourth-order valence-corrected chi connectivity index (χ4v) is 1.67. The van der Waals surface area contributed by atoms with E-state index in [1.807, 2.05) is 19.1 Å². The average molecular weight is 242 g/mol. The Morgan fingerprint density at radius 3 is 2.76 bits per heavy atom. The molecule has 1 heterocycles. The van der Waals surface area contributed by atoms with Crippen molar-refractivity contribution < 1.29 is 14.6 Å². The number of amides is 2. The Kier molecular flexibility index (Phi) is 6.00. The molecule has 0 saturated carbocycles. The summed E-state index contributed by atoms with van der Waals surface area (Å²) in [6.45, 7) is 3.95. The van der Waals surface area contributed by atoms with E-state index in [-0.39, 0.29) is 12.6 Å². The number of nitrogens with one attached hydrogen (secondary N) is 2. The SMILES string of the molecule is C/C=C/CCNC(=O)NCC1(O)CCOCC1. The van der Waals surface area contributed by atoms with Gasteiger partial charge >= 0.3 is 6.03 Å². The molecule has 1 rings (SSSR count). The van der Waals surface area contributed by atoms with Gasteiger partial charge in [0, 0.05) is 39.1 Å². The van der Waals surface area contributed by atoms with Crippen molar-refractivity contribution >= 4 is 6.03 Å². The molecule has 98 valence electrons. The summed E-state index contributed by atoms with van der Waals surface area (Å²) in [5, 5.41) is 15.5. The van der Waals surface area contributed by atoms with E-state index in [1.54, 1.807) is 0 Å². The lowest BCUT2D eigenvalue weighted by Gasteiger charge is -2.32. The van der Waals surface area contributed by atoms with Gasteiger partial charge in [0.2, 0.25) is 0 Å². The van der Waals surface area contributed by atoms with Crippen molar-refractivity contribution in [3.05, 3.63) is 12.2 Å². The number of carbonyl (C=O) groups excluding carboxylic acids is 1. The molecule has 0 aromatic carbocycles. The van der Waals surface area contributed by atoms with Gasteiger partial charge in [-0.25, -0.2) is 4.79 Å². The molecule has 5 nitrogen and oxygen atoms in total. The Hall–Kier alpha value is -1.07. The molecule has 0 atom stereocenters. The van der Waals surface area contributed by atoms with Gasteiger partial charge in [-0.3, -0.25) is 0 Å². The van der Waals surface area contributed by atoms with Crippen molar-refractivity contribution in [2.45, 2.75) is 31.8 Å². The van der Waals surface area contributed by atoms with Crippen molar-refractivity contribution in [1.29, 1.82) is 0 Å². The molecule has 2 amide bonds.